The molecule has 124 valence electrons. The van der Waals surface area contributed by atoms with Crippen molar-refractivity contribution in [1.82, 2.24) is 4.57 Å². The van der Waals surface area contributed by atoms with Crippen LogP contribution in [-0.2, 0) is 6.54 Å². The third kappa shape index (κ3) is 4.36. The second-order valence-electron chi connectivity index (χ2n) is 5.26. The molecule has 0 spiro atoms. The Morgan fingerprint density at radius 2 is 2.04 bits per heavy atom. The van der Waals surface area contributed by atoms with Crippen LogP contribution in [0.2, 0.25) is 5.02 Å². The van der Waals surface area contributed by atoms with Gasteiger partial charge in [-0.15, -0.1) is 0 Å². The molecule has 0 aliphatic carbocycles. The third-order valence-corrected chi connectivity index (χ3v) is 3.97. The smallest absolute Gasteiger partial charge is 0.545 e. The molecule has 1 aromatic heterocycles. The number of carboxylic acid groups (broad SMARTS) is 1. The van der Waals surface area contributed by atoms with Crippen LogP contribution in [0.5, 0.6) is 5.75 Å². The van der Waals surface area contributed by atoms with Gasteiger partial charge in [-0.05, 0) is 30.3 Å². The summed E-state index contributed by atoms with van der Waals surface area (Å²) in [5, 5.41) is 12.4. The van der Waals surface area contributed by atoms with E-state index in [2.05, 4.69) is 0 Å². The molecule has 0 bridgehead atoms. The van der Waals surface area contributed by atoms with Gasteiger partial charge in [0.2, 0.25) is 0 Å². The number of halogens is 2. The number of aromatic nitrogens is 1. The molecule has 0 fully saturated rings. The minimum absolute atomic E-state index is 0. The molecule has 0 aliphatic heterocycles. The standard InChI is InChI=1S/C18H15ClFNO3.Na/c19-13-4-5-17(24-9-7-20)12(10-13)11-21-8-6-14-15(18(22)23)2-1-3-16(14)21;/h1-6,8,10H,7,9,11H2,(H,22,23);/q;+1/p-1. The van der Waals surface area contributed by atoms with Gasteiger partial charge < -0.3 is 19.2 Å². The summed E-state index contributed by atoms with van der Waals surface area (Å²) in [7, 11) is 0. The van der Waals surface area contributed by atoms with E-state index in [1.165, 1.54) is 6.07 Å². The number of ether oxygens (including phenoxy) is 1. The first-order chi connectivity index (χ1) is 11.6. The maximum Gasteiger partial charge on any atom is 1.00 e. The van der Waals surface area contributed by atoms with E-state index < -0.39 is 12.6 Å². The van der Waals surface area contributed by atoms with E-state index in [-0.39, 0.29) is 41.7 Å². The Balaban J connectivity index is 0.00000225. The van der Waals surface area contributed by atoms with Crippen molar-refractivity contribution in [2.45, 2.75) is 6.54 Å². The number of alkyl halides is 1. The Kier molecular flexibility index (Phi) is 6.90. The number of hydrogen-bond acceptors (Lipinski definition) is 3. The molecule has 0 unspecified atom stereocenters. The van der Waals surface area contributed by atoms with Gasteiger partial charge in [-0.1, -0.05) is 23.7 Å². The zero-order valence-corrected chi connectivity index (χ0v) is 16.4. The van der Waals surface area contributed by atoms with Gasteiger partial charge in [0.15, 0.2) is 0 Å². The van der Waals surface area contributed by atoms with Crippen molar-refractivity contribution < 1.29 is 48.6 Å². The van der Waals surface area contributed by atoms with Gasteiger partial charge in [0.05, 0.1) is 12.5 Å². The average molecular weight is 370 g/mol. The summed E-state index contributed by atoms with van der Waals surface area (Å²) in [6.45, 7) is -0.193. The maximum atomic E-state index is 12.4. The summed E-state index contributed by atoms with van der Waals surface area (Å²) in [6, 6.07) is 11.9. The van der Waals surface area contributed by atoms with E-state index in [1.807, 2.05) is 10.6 Å². The van der Waals surface area contributed by atoms with Crippen molar-refractivity contribution in [3.8, 4) is 5.75 Å². The Morgan fingerprint density at radius 1 is 1.24 bits per heavy atom. The monoisotopic (exact) mass is 369 g/mol. The quantitative estimate of drug-likeness (QED) is 0.577. The van der Waals surface area contributed by atoms with E-state index >= 15 is 0 Å². The summed E-state index contributed by atoms with van der Waals surface area (Å²) < 4.78 is 19.7. The number of aromatic carboxylic acids is 1. The van der Waals surface area contributed by atoms with Crippen LogP contribution in [-0.4, -0.2) is 23.8 Å². The summed E-state index contributed by atoms with van der Waals surface area (Å²) in [4.78, 5) is 11.2. The molecular weight excluding hydrogens is 356 g/mol. The fourth-order valence-corrected chi connectivity index (χ4v) is 2.88. The van der Waals surface area contributed by atoms with E-state index in [4.69, 9.17) is 16.3 Å². The minimum atomic E-state index is -1.21. The summed E-state index contributed by atoms with van der Waals surface area (Å²) in [5.74, 6) is -0.664. The number of rotatable bonds is 6. The SMILES string of the molecule is O=C([O-])c1cccc2c1ccn2Cc1cc(Cl)ccc1OCCF.[Na+]. The number of carbonyl (C=O) groups is 1. The van der Waals surface area contributed by atoms with Gasteiger partial charge in [0.25, 0.3) is 0 Å². The second kappa shape index (κ2) is 8.72. The Labute approximate surface area is 171 Å². The van der Waals surface area contributed by atoms with Crippen LogP contribution in [0.25, 0.3) is 10.9 Å². The van der Waals surface area contributed by atoms with Crippen LogP contribution in [0.3, 0.4) is 0 Å². The van der Waals surface area contributed by atoms with Crippen molar-refractivity contribution in [3.05, 3.63) is 64.8 Å². The van der Waals surface area contributed by atoms with Crippen molar-refractivity contribution in [2.24, 2.45) is 0 Å². The number of hydrogen-bond donors (Lipinski definition) is 0. The topological polar surface area (TPSA) is 54.3 Å². The first kappa shape index (κ1) is 19.8. The number of carbonyl (C=O) groups excluding carboxylic acids is 1. The van der Waals surface area contributed by atoms with Crippen LogP contribution in [0.15, 0.2) is 48.7 Å². The van der Waals surface area contributed by atoms with Crippen molar-refractivity contribution in [3.63, 3.8) is 0 Å². The van der Waals surface area contributed by atoms with Gasteiger partial charge in [-0.3, -0.25) is 0 Å². The number of benzene rings is 2. The number of carboxylic acids is 1. The molecule has 2 aromatic carbocycles. The maximum absolute atomic E-state index is 12.4. The molecule has 1 heterocycles. The summed E-state index contributed by atoms with van der Waals surface area (Å²) >= 11 is 6.05. The van der Waals surface area contributed by atoms with Gasteiger partial charge >= 0.3 is 29.6 Å². The largest absolute Gasteiger partial charge is 1.00 e. The Morgan fingerprint density at radius 3 is 2.76 bits per heavy atom. The summed E-state index contributed by atoms with van der Waals surface area (Å²) in [6.07, 6.45) is 1.79. The molecule has 4 nitrogen and oxygen atoms in total. The first-order valence-corrected chi connectivity index (χ1v) is 7.74. The van der Waals surface area contributed by atoms with E-state index in [9.17, 15) is 14.3 Å². The second-order valence-corrected chi connectivity index (χ2v) is 5.70. The van der Waals surface area contributed by atoms with Crippen molar-refractivity contribution >= 4 is 28.5 Å². The molecule has 3 rings (SSSR count). The fraction of sp³-hybridized carbons (Fsp3) is 0.167. The first-order valence-electron chi connectivity index (χ1n) is 7.36. The van der Waals surface area contributed by atoms with E-state index in [0.717, 1.165) is 11.1 Å². The van der Waals surface area contributed by atoms with Gasteiger partial charge in [0, 0.05) is 33.2 Å². The van der Waals surface area contributed by atoms with Crippen molar-refractivity contribution in [1.29, 1.82) is 0 Å². The molecule has 7 heteroatoms. The molecule has 0 amide bonds. The zero-order valence-electron chi connectivity index (χ0n) is 13.7. The normalized spacial score (nSPS) is 10.5. The Bertz CT molecular complexity index is 897. The van der Waals surface area contributed by atoms with E-state index in [1.54, 1.807) is 36.5 Å². The number of nitrogens with zero attached hydrogens (tertiary/aromatic N) is 1. The molecule has 0 aliphatic rings. The zero-order chi connectivity index (χ0) is 17.1. The number of fused-ring (bicyclic) bond motifs is 1. The molecule has 0 saturated heterocycles. The van der Waals surface area contributed by atoms with Crippen LogP contribution >= 0.6 is 11.6 Å². The predicted octanol–water partition coefficient (Wildman–Crippen LogP) is 0.0588. The van der Waals surface area contributed by atoms with Crippen molar-refractivity contribution in [2.75, 3.05) is 13.3 Å². The minimum Gasteiger partial charge on any atom is -0.545 e. The van der Waals surface area contributed by atoms with Crippen LogP contribution in [0, 0.1) is 0 Å². The van der Waals surface area contributed by atoms with Gasteiger partial charge in [-0.25, -0.2) is 4.39 Å². The predicted molar refractivity (Wildman–Crippen MR) is 88.3 cm³/mol. The Hall–Kier alpha value is -1.53. The van der Waals surface area contributed by atoms with Crippen LogP contribution in [0.4, 0.5) is 4.39 Å². The van der Waals surface area contributed by atoms with E-state index in [0.29, 0.717) is 22.7 Å². The average Bonchev–Trinajstić information content (AvgIpc) is 2.97. The molecule has 0 radical (unpaired) electrons. The molecule has 0 saturated carbocycles. The van der Waals surface area contributed by atoms with Crippen LogP contribution in [0.1, 0.15) is 15.9 Å². The third-order valence-electron chi connectivity index (χ3n) is 3.73. The molecule has 3 aromatic rings. The van der Waals surface area contributed by atoms with Gasteiger partial charge in [0.1, 0.15) is 19.0 Å². The molecule has 25 heavy (non-hydrogen) atoms. The molecular formula is C18H14ClFNNaO3. The molecule has 0 atom stereocenters. The molecule has 0 N–H and O–H groups in total. The fourth-order valence-electron chi connectivity index (χ4n) is 2.68. The van der Waals surface area contributed by atoms with Gasteiger partial charge in [-0.2, -0.15) is 0 Å². The van der Waals surface area contributed by atoms with Crippen LogP contribution < -0.4 is 39.4 Å². The summed E-state index contributed by atoms with van der Waals surface area (Å²) in [5.41, 5.74) is 1.69.